The molecule has 1 aromatic carbocycles. The van der Waals surface area contributed by atoms with Crippen molar-refractivity contribution in [2.24, 2.45) is 11.8 Å². The van der Waals surface area contributed by atoms with Crippen LogP contribution in [0.4, 0.5) is 4.79 Å². The van der Waals surface area contributed by atoms with Crippen LogP contribution < -0.4 is 5.32 Å². The standard InChI is InChI=1S/C31H48N4O3.ClH/c1-22(2)29(36)32-28(25-8-6-5-7-9-25)12-15-34-26-10-11-27(34)19-31(18-26)21-33(30(37)35(31)23(3)4)20-24-13-16-38-17-14-24;/h5-9,22-24,26-28H,10-21H2,1-4H3,(H,32,36);1H/t26?,27?,28-,31?;/m0./s1. The summed E-state index contributed by atoms with van der Waals surface area (Å²) in [5.74, 6) is 0.643. The molecule has 4 aliphatic heterocycles. The molecule has 1 N–H and O–H groups in total. The fourth-order valence-electron chi connectivity index (χ4n) is 7.73. The molecule has 5 rings (SSSR count). The van der Waals surface area contributed by atoms with Crippen LogP contribution in [0, 0.1) is 11.8 Å². The Balaban J connectivity index is 0.00000353. The topological polar surface area (TPSA) is 65.1 Å². The minimum atomic E-state index is -0.0521. The summed E-state index contributed by atoms with van der Waals surface area (Å²) in [6.45, 7) is 12.7. The van der Waals surface area contributed by atoms with Crippen LogP contribution in [0.5, 0.6) is 0 Å². The van der Waals surface area contributed by atoms with Crippen molar-refractivity contribution < 1.29 is 14.3 Å². The molecular formula is C31H49ClN4O3. The molecule has 1 aromatic rings. The smallest absolute Gasteiger partial charge is 0.320 e. The molecule has 0 aliphatic carbocycles. The molecule has 0 aromatic heterocycles. The zero-order valence-corrected chi connectivity index (χ0v) is 25.1. The van der Waals surface area contributed by atoms with E-state index in [2.05, 4.69) is 58.1 Å². The predicted molar refractivity (Wildman–Crippen MR) is 157 cm³/mol. The lowest BCUT2D eigenvalue weighted by atomic mass is 9.81. The second-order valence-electron chi connectivity index (χ2n) is 12.9. The van der Waals surface area contributed by atoms with Crippen molar-refractivity contribution in [3.63, 3.8) is 0 Å². The number of nitrogens with one attached hydrogen (secondary N) is 1. The van der Waals surface area contributed by atoms with Crippen molar-refractivity contribution in [2.75, 3.05) is 32.8 Å². The van der Waals surface area contributed by atoms with E-state index in [0.717, 1.165) is 65.0 Å². The summed E-state index contributed by atoms with van der Waals surface area (Å²) in [7, 11) is 0. The van der Waals surface area contributed by atoms with Crippen LogP contribution >= 0.6 is 12.4 Å². The highest BCUT2D eigenvalue weighted by atomic mass is 35.5. The summed E-state index contributed by atoms with van der Waals surface area (Å²) in [6.07, 6.45) is 7.58. The van der Waals surface area contributed by atoms with Crippen LogP contribution in [-0.4, -0.2) is 83.2 Å². The number of hydrogen-bond acceptors (Lipinski definition) is 4. The van der Waals surface area contributed by atoms with Crippen LogP contribution in [-0.2, 0) is 9.53 Å². The predicted octanol–water partition coefficient (Wildman–Crippen LogP) is 5.25. The molecule has 218 valence electrons. The number of benzene rings is 1. The summed E-state index contributed by atoms with van der Waals surface area (Å²) < 4.78 is 5.57. The molecule has 0 radical (unpaired) electrons. The molecule has 3 amide bonds. The number of urea groups is 1. The van der Waals surface area contributed by atoms with Crippen LogP contribution in [0.1, 0.15) is 84.2 Å². The highest BCUT2D eigenvalue weighted by Crippen LogP contribution is 2.48. The van der Waals surface area contributed by atoms with Gasteiger partial charge in [-0.1, -0.05) is 44.2 Å². The molecule has 39 heavy (non-hydrogen) atoms. The number of fused-ring (bicyclic) bond motifs is 2. The van der Waals surface area contributed by atoms with Crippen LogP contribution in [0.3, 0.4) is 0 Å². The Kier molecular flexibility index (Phi) is 9.87. The summed E-state index contributed by atoms with van der Waals surface area (Å²) in [5, 5.41) is 3.31. The number of piperidine rings is 1. The lowest BCUT2D eigenvalue weighted by Gasteiger charge is -2.49. The summed E-state index contributed by atoms with van der Waals surface area (Å²) in [4.78, 5) is 33.5. The number of rotatable bonds is 9. The maximum absolute atomic E-state index is 13.7. The zero-order valence-electron chi connectivity index (χ0n) is 24.3. The van der Waals surface area contributed by atoms with E-state index in [1.807, 2.05) is 19.9 Å². The second kappa shape index (κ2) is 12.8. The first-order valence-corrected chi connectivity index (χ1v) is 15.0. The average Bonchev–Trinajstić information content (AvgIpc) is 3.30. The van der Waals surface area contributed by atoms with Crippen molar-refractivity contribution in [2.45, 2.75) is 102 Å². The van der Waals surface area contributed by atoms with E-state index < -0.39 is 0 Å². The van der Waals surface area contributed by atoms with Crippen LogP contribution in [0.2, 0.25) is 0 Å². The van der Waals surface area contributed by atoms with Crippen molar-refractivity contribution in [1.29, 1.82) is 0 Å². The molecular weight excluding hydrogens is 512 g/mol. The Morgan fingerprint density at radius 1 is 1.03 bits per heavy atom. The van der Waals surface area contributed by atoms with E-state index in [1.54, 1.807) is 0 Å². The number of carbonyl (C=O) groups excluding carboxylic acids is 2. The number of hydrogen-bond donors (Lipinski definition) is 1. The molecule has 8 heteroatoms. The highest BCUT2D eigenvalue weighted by molar-refractivity contribution is 5.85. The number of halogens is 1. The van der Waals surface area contributed by atoms with Crippen LogP contribution in [0.25, 0.3) is 0 Å². The Bertz CT molecular complexity index is 954. The van der Waals surface area contributed by atoms with Crippen LogP contribution in [0.15, 0.2) is 30.3 Å². The van der Waals surface area contributed by atoms with E-state index in [1.165, 1.54) is 18.4 Å². The van der Waals surface area contributed by atoms with Gasteiger partial charge in [0.05, 0.1) is 11.6 Å². The third-order valence-electron chi connectivity index (χ3n) is 9.53. The minimum absolute atomic E-state index is 0. The van der Waals surface area contributed by atoms with Gasteiger partial charge >= 0.3 is 6.03 Å². The monoisotopic (exact) mass is 560 g/mol. The number of amides is 3. The molecule has 1 spiro atoms. The first-order valence-electron chi connectivity index (χ1n) is 15.0. The van der Waals surface area contributed by atoms with E-state index in [4.69, 9.17) is 4.74 Å². The zero-order chi connectivity index (χ0) is 26.9. The van der Waals surface area contributed by atoms with Gasteiger partial charge in [0.25, 0.3) is 0 Å². The van der Waals surface area contributed by atoms with E-state index in [9.17, 15) is 9.59 Å². The summed E-state index contributed by atoms with van der Waals surface area (Å²) in [6, 6.07) is 11.9. The first kappa shape index (κ1) is 30.1. The van der Waals surface area contributed by atoms with Crippen molar-refractivity contribution in [3.8, 4) is 0 Å². The van der Waals surface area contributed by atoms with E-state index in [0.29, 0.717) is 18.0 Å². The largest absolute Gasteiger partial charge is 0.381 e. The normalized spacial score (nSPS) is 28.4. The second-order valence-corrected chi connectivity index (χ2v) is 12.9. The maximum Gasteiger partial charge on any atom is 0.320 e. The molecule has 0 saturated carbocycles. The minimum Gasteiger partial charge on any atom is -0.381 e. The average molecular weight is 561 g/mol. The van der Waals surface area contributed by atoms with Gasteiger partial charge in [0.1, 0.15) is 0 Å². The van der Waals surface area contributed by atoms with Crippen molar-refractivity contribution >= 4 is 24.3 Å². The quantitative estimate of drug-likeness (QED) is 0.448. The Morgan fingerprint density at radius 2 is 1.67 bits per heavy atom. The van der Waals surface area contributed by atoms with Gasteiger partial charge in [0.2, 0.25) is 5.91 Å². The summed E-state index contributed by atoms with van der Waals surface area (Å²) >= 11 is 0. The van der Waals surface area contributed by atoms with Crippen molar-refractivity contribution in [1.82, 2.24) is 20.0 Å². The Morgan fingerprint density at radius 3 is 2.26 bits per heavy atom. The molecule has 4 heterocycles. The molecule has 2 bridgehead atoms. The summed E-state index contributed by atoms with van der Waals surface area (Å²) in [5.41, 5.74) is 1.13. The molecule has 4 fully saturated rings. The third-order valence-corrected chi connectivity index (χ3v) is 9.53. The lowest BCUT2D eigenvalue weighted by molar-refractivity contribution is -0.124. The number of nitrogens with zero attached hydrogens (tertiary/aromatic N) is 3. The Labute approximate surface area is 241 Å². The molecule has 3 atom stereocenters. The molecule has 7 nitrogen and oxygen atoms in total. The van der Waals surface area contributed by atoms with Gasteiger partial charge in [0, 0.05) is 56.9 Å². The third kappa shape index (κ3) is 6.41. The van der Waals surface area contributed by atoms with Gasteiger partial charge in [-0.25, -0.2) is 4.79 Å². The van der Waals surface area contributed by atoms with Gasteiger partial charge < -0.3 is 19.9 Å². The molecule has 4 saturated heterocycles. The van der Waals surface area contributed by atoms with Gasteiger partial charge in [-0.05, 0) is 70.3 Å². The van der Waals surface area contributed by atoms with Gasteiger partial charge in [-0.15, -0.1) is 12.4 Å². The molecule has 2 unspecified atom stereocenters. The van der Waals surface area contributed by atoms with Crippen molar-refractivity contribution in [3.05, 3.63) is 35.9 Å². The fourth-order valence-corrected chi connectivity index (χ4v) is 7.73. The first-order chi connectivity index (χ1) is 18.3. The van der Waals surface area contributed by atoms with Gasteiger partial charge in [-0.2, -0.15) is 0 Å². The molecule has 4 aliphatic rings. The number of carbonyl (C=O) groups is 2. The van der Waals surface area contributed by atoms with E-state index in [-0.39, 0.29) is 47.9 Å². The number of ether oxygens (including phenoxy) is 1. The van der Waals surface area contributed by atoms with Gasteiger partial charge in [-0.3, -0.25) is 9.69 Å². The Hall–Kier alpha value is -1.83. The van der Waals surface area contributed by atoms with Gasteiger partial charge in [0.15, 0.2) is 0 Å². The van der Waals surface area contributed by atoms with E-state index >= 15 is 0 Å². The highest BCUT2D eigenvalue weighted by Gasteiger charge is 2.57. The fraction of sp³-hybridized carbons (Fsp3) is 0.742. The lowest BCUT2D eigenvalue weighted by Crippen LogP contribution is -2.60. The maximum atomic E-state index is 13.7. The SMILES string of the molecule is CC(C)C(=O)N[C@@H](CCN1C2CCC1CC1(C2)CN(CC2CCOCC2)C(=O)N1C(C)C)c1ccccc1.Cl.